The third-order valence-corrected chi connectivity index (χ3v) is 0.777. The predicted molar refractivity (Wildman–Crippen MR) is 48.7 cm³/mol. The first-order chi connectivity index (χ1) is 4.54. The second-order valence-electron chi connectivity index (χ2n) is 2.24. The van der Waals surface area contributed by atoms with E-state index in [1.165, 1.54) is 5.57 Å². The molecule has 10 heavy (non-hydrogen) atoms. The highest BCUT2D eigenvalue weighted by molar-refractivity contribution is 5.75. The van der Waals surface area contributed by atoms with Crippen LogP contribution in [0.15, 0.2) is 24.3 Å². The fraction of sp³-hybridized carbons (Fsp3) is 0.444. The SMILES string of the molecule is C=C/C(C)=C\C.CC(C)=N. The summed E-state index contributed by atoms with van der Waals surface area (Å²) in [5.74, 6) is 0. The average Bonchev–Trinajstić information content (AvgIpc) is 1.85. The van der Waals surface area contributed by atoms with Gasteiger partial charge in [-0.1, -0.05) is 24.3 Å². The molecule has 0 saturated heterocycles. The lowest BCUT2D eigenvalue weighted by Crippen LogP contribution is -1.67. The maximum absolute atomic E-state index is 6.50. The largest absolute Gasteiger partial charge is 0.310 e. The maximum atomic E-state index is 6.50. The normalized spacial score (nSPS) is 9.40. The highest BCUT2D eigenvalue weighted by Gasteiger charge is 1.66. The zero-order valence-corrected chi connectivity index (χ0v) is 7.36. The molecule has 1 nitrogen and oxygen atoms in total. The Kier molecular flexibility index (Phi) is 9.69. The summed E-state index contributed by atoms with van der Waals surface area (Å²) in [6.45, 7) is 11.1. The molecule has 0 aromatic rings. The maximum Gasteiger partial charge on any atom is 0.00272 e. The van der Waals surface area contributed by atoms with E-state index in [0.717, 1.165) is 0 Å². The fourth-order valence-corrected chi connectivity index (χ4v) is 0.118. The molecule has 0 radical (unpaired) electrons. The highest BCUT2D eigenvalue weighted by atomic mass is 14.3. The summed E-state index contributed by atoms with van der Waals surface area (Å²) in [7, 11) is 0. The first-order valence-electron chi connectivity index (χ1n) is 3.31. The van der Waals surface area contributed by atoms with Crippen molar-refractivity contribution in [3.8, 4) is 0 Å². The van der Waals surface area contributed by atoms with E-state index < -0.39 is 0 Å². The minimum absolute atomic E-state index is 0.667. The highest BCUT2D eigenvalue weighted by Crippen LogP contribution is 1.88. The molecule has 0 aliphatic rings. The monoisotopic (exact) mass is 139 g/mol. The smallest absolute Gasteiger partial charge is 0.00272 e. The van der Waals surface area contributed by atoms with Gasteiger partial charge in [-0.15, -0.1) is 0 Å². The van der Waals surface area contributed by atoms with Gasteiger partial charge in [0.2, 0.25) is 0 Å². The van der Waals surface area contributed by atoms with Crippen molar-refractivity contribution in [3.63, 3.8) is 0 Å². The second kappa shape index (κ2) is 8.15. The van der Waals surface area contributed by atoms with Crippen molar-refractivity contribution in [3.05, 3.63) is 24.3 Å². The van der Waals surface area contributed by atoms with Crippen molar-refractivity contribution in [1.82, 2.24) is 0 Å². The summed E-state index contributed by atoms with van der Waals surface area (Å²) in [6.07, 6.45) is 3.85. The lowest BCUT2D eigenvalue weighted by atomic mass is 10.3. The van der Waals surface area contributed by atoms with Gasteiger partial charge in [-0.3, -0.25) is 0 Å². The van der Waals surface area contributed by atoms with E-state index in [4.69, 9.17) is 5.41 Å². The van der Waals surface area contributed by atoms with Gasteiger partial charge in [0.1, 0.15) is 0 Å². The molecule has 0 rings (SSSR count). The standard InChI is InChI=1S/C6H10.C3H7N/c1-4-6(3)5-2;1-3(2)4/h4-5H,1H2,2-3H3;4H,1-2H3/b6-5-;. The van der Waals surface area contributed by atoms with E-state index >= 15 is 0 Å². The van der Waals surface area contributed by atoms with Gasteiger partial charge in [-0.25, -0.2) is 0 Å². The molecule has 1 N–H and O–H groups in total. The van der Waals surface area contributed by atoms with Gasteiger partial charge in [0.25, 0.3) is 0 Å². The van der Waals surface area contributed by atoms with Gasteiger partial charge in [-0.05, 0) is 27.7 Å². The van der Waals surface area contributed by atoms with E-state index in [1.54, 1.807) is 13.8 Å². The van der Waals surface area contributed by atoms with Crippen molar-refractivity contribution < 1.29 is 0 Å². The molecule has 0 saturated carbocycles. The topological polar surface area (TPSA) is 23.9 Å². The summed E-state index contributed by atoms with van der Waals surface area (Å²) in [4.78, 5) is 0. The Morgan fingerprint density at radius 2 is 1.60 bits per heavy atom. The van der Waals surface area contributed by atoms with Crippen LogP contribution in [0, 0.1) is 5.41 Å². The molecule has 0 aromatic heterocycles. The molecule has 0 bridgehead atoms. The molecular weight excluding hydrogens is 122 g/mol. The number of hydrogen-bond acceptors (Lipinski definition) is 1. The Hall–Kier alpha value is -0.850. The summed E-state index contributed by atoms with van der Waals surface area (Å²) in [5.41, 5.74) is 1.90. The Morgan fingerprint density at radius 1 is 1.30 bits per heavy atom. The van der Waals surface area contributed by atoms with Crippen LogP contribution in [0.1, 0.15) is 27.7 Å². The van der Waals surface area contributed by atoms with E-state index in [2.05, 4.69) is 6.58 Å². The molecule has 0 aromatic carbocycles. The van der Waals surface area contributed by atoms with Crippen molar-refractivity contribution in [2.45, 2.75) is 27.7 Å². The van der Waals surface area contributed by atoms with Crippen LogP contribution in [0.4, 0.5) is 0 Å². The van der Waals surface area contributed by atoms with E-state index in [1.807, 2.05) is 26.0 Å². The molecule has 0 atom stereocenters. The predicted octanol–water partition coefficient (Wildman–Crippen LogP) is 3.18. The zero-order chi connectivity index (χ0) is 8.57. The molecule has 0 unspecified atom stereocenters. The molecule has 0 aliphatic carbocycles. The van der Waals surface area contributed by atoms with E-state index in [0.29, 0.717) is 5.71 Å². The lowest BCUT2D eigenvalue weighted by molar-refractivity contribution is 1.45. The van der Waals surface area contributed by atoms with E-state index in [-0.39, 0.29) is 0 Å². The van der Waals surface area contributed by atoms with Crippen LogP contribution in [-0.2, 0) is 0 Å². The van der Waals surface area contributed by atoms with Crippen LogP contribution < -0.4 is 0 Å². The molecule has 58 valence electrons. The molecule has 1 heteroatoms. The quantitative estimate of drug-likeness (QED) is 0.426. The first kappa shape index (κ1) is 11.9. The summed E-state index contributed by atoms with van der Waals surface area (Å²) >= 11 is 0. The summed E-state index contributed by atoms with van der Waals surface area (Å²) in [5, 5.41) is 6.50. The van der Waals surface area contributed by atoms with Gasteiger partial charge >= 0.3 is 0 Å². The van der Waals surface area contributed by atoms with Gasteiger partial charge in [0.15, 0.2) is 0 Å². The Labute approximate surface area is 64.0 Å². The Morgan fingerprint density at radius 3 is 1.60 bits per heavy atom. The van der Waals surface area contributed by atoms with Crippen molar-refractivity contribution in [2.24, 2.45) is 0 Å². The fourth-order valence-electron chi connectivity index (χ4n) is 0.118. The molecule has 0 aliphatic heterocycles. The first-order valence-corrected chi connectivity index (χ1v) is 3.31. The van der Waals surface area contributed by atoms with Crippen molar-refractivity contribution in [1.29, 1.82) is 5.41 Å². The third-order valence-electron chi connectivity index (χ3n) is 0.777. The number of hydrogen-bond donors (Lipinski definition) is 1. The summed E-state index contributed by atoms with van der Waals surface area (Å²) < 4.78 is 0. The van der Waals surface area contributed by atoms with Crippen LogP contribution in [0.25, 0.3) is 0 Å². The minimum Gasteiger partial charge on any atom is -0.310 e. The molecule has 0 spiro atoms. The third kappa shape index (κ3) is 27.3. The number of rotatable bonds is 1. The lowest BCUT2D eigenvalue weighted by Gasteiger charge is -1.78. The van der Waals surface area contributed by atoms with Crippen LogP contribution in [0.5, 0.6) is 0 Å². The van der Waals surface area contributed by atoms with Crippen LogP contribution >= 0.6 is 0 Å². The molecule has 0 fully saturated rings. The van der Waals surface area contributed by atoms with Gasteiger partial charge in [0, 0.05) is 5.71 Å². The van der Waals surface area contributed by atoms with Crippen molar-refractivity contribution >= 4 is 5.71 Å². The van der Waals surface area contributed by atoms with Gasteiger partial charge in [-0.2, -0.15) is 0 Å². The minimum atomic E-state index is 0.667. The Balaban J connectivity index is 0. The molecular formula is C9H17N. The van der Waals surface area contributed by atoms with E-state index in [9.17, 15) is 0 Å². The molecule has 0 heterocycles. The Bertz CT molecular complexity index is 128. The average molecular weight is 139 g/mol. The molecule has 0 amide bonds. The van der Waals surface area contributed by atoms with Gasteiger partial charge < -0.3 is 5.41 Å². The van der Waals surface area contributed by atoms with Crippen LogP contribution in [-0.4, -0.2) is 5.71 Å². The zero-order valence-electron chi connectivity index (χ0n) is 7.36. The number of allylic oxidation sites excluding steroid dienone is 3. The van der Waals surface area contributed by atoms with Crippen molar-refractivity contribution in [2.75, 3.05) is 0 Å². The van der Waals surface area contributed by atoms with Crippen LogP contribution in [0.2, 0.25) is 0 Å². The number of nitrogens with one attached hydrogen (secondary N) is 1. The van der Waals surface area contributed by atoms with Gasteiger partial charge in [0.05, 0.1) is 0 Å². The summed E-state index contributed by atoms with van der Waals surface area (Å²) in [6, 6.07) is 0. The second-order valence-corrected chi connectivity index (χ2v) is 2.24. The van der Waals surface area contributed by atoms with Crippen LogP contribution in [0.3, 0.4) is 0 Å².